The molecule has 0 saturated heterocycles. The lowest BCUT2D eigenvalue weighted by Crippen LogP contribution is -2.21. The summed E-state index contributed by atoms with van der Waals surface area (Å²) in [5.74, 6) is 0.0814. The summed E-state index contributed by atoms with van der Waals surface area (Å²) in [4.78, 5) is 24.1. The average Bonchev–Trinajstić information content (AvgIpc) is 2.61. The number of hydrogen-bond acceptors (Lipinski definition) is 5. The lowest BCUT2D eigenvalue weighted by Gasteiger charge is -2.18. The fourth-order valence-corrected chi connectivity index (χ4v) is 2.81. The number of carbonyl (C=O) groups is 2. The van der Waals surface area contributed by atoms with Crippen LogP contribution in [-0.4, -0.2) is 31.7 Å². The molecule has 0 saturated carbocycles. The monoisotopic (exact) mass is 405 g/mol. The second-order valence-electron chi connectivity index (χ2n) is 5.44. The second-order valence-corrected chi connectivity index (χ2v) is 6.36. The molecule has 0 radical (unpaired) electrons. The van der Waals surface area contributed by atoms with Crippen molar-refractivity contribution in [3.63, 3.8) is 0 Å². The summed E-state index contributed by atoms with van der Waals surface area (Å²) >= 11 is 3.36. The van der Waals surface area contributed by atoms with Gasteiger partial charge in [0.25, 0.3) is 5.91 Å². The minimum atomic E-state index is -0.598. The molecule has 0 spiro atoms. The number of hydrogen-bond donors (Lipinski definition) is 1. The van der Waals surface area contributed by atoms with Crippen LogP contribution in [0.5, 0.6) is 11.5 Å². The highest BCUT2D eigenvalue weighted by Crippen LogP contribution is 2.30. The molecule has 130 valence electrons. The Bertz CT molecular complexity index is 821. The van der Waals surface area contributed by atoms with Crippen LogP contribution in [0.1, 0.15) is 15.9 Å². The summed E-state index contributed by atoms with van der Waals surface area (Å²) in [6.07, 6.45) is 0. The van der Waals surface area contributed by atoms with Gasteiger partial charge in [-0.15, -0.1) is 0 Å². The zero-order valence-electron chi connectivity index (χ0n) is 13.5. The number of fused-ring (bicyclic) bond motifs is 1. The van der Waals surface area contributed by atoms with Crippen LogP contribution in [0.4, 0.5) is 5.69 Å². The lowest BCUT2D eigenvalue weighted by molar-refractivity contribution is -0.119. The highest BCUT2D eigenvalue weighted by molar-refractivity contribution is 9.10. The first kappa shape index (κ1) is 17.3. The van der Waals surface area contributed by atoms with E-state index in [-0.39, 0.29) is 6.61 Å². The molecule has 2 aromatic rings. The Kier molecular flexibility index (Phi) is 5.23. The molecule has 25 heavy (non-hydrogen) atoms. The first-order chi connectivity index (χ1) is 12.0. The summed E-state index contributed by atoms with van der Waals surface area (Å²) in [6, 6.07) is 10.3. The molecular weight excluding hydrogens is 390 g/mol. The van der Waals surface area contributed by atoms with Crippen molar-refractivity contribution < 1.29 is 23.8 Å². The first-order valence-corrected chi connectivity index (χ1v) is 8.45. The molecule has 1 heterocycles. The van der Waals surface area contributed by atoms with E-state index >= 15 is 0 Å². The third kappa shape index (κ3) is 4.30. The number of halogens is 1. The molecular formula is C18H16BrNO5. The fourth-order valence-electron chi connectivity index (χ4n) is 2.34. The van der Waals surface area contributed by atoms with E-state index in [4.69, 9.17) is 14.2 Å². The number of anilines is 1. The van der Waals surface area contributed by atoms with Crippen LogP contribution in [0, 0.1) is 6.92 Å². The van der Waals surface area contributed by atoms with Crippen molar-refractivity contribution in [1.82, 2.24) is 0 Å². The van der Waals surface area contributed by atoms with Crippen molar-refractivity contribution in [1.29, 1.82) is 0 Å². The van der Waals surface area contributed by atoms with Gasteiger partial charge in [-0.3, -0.25) is 4.79 Å². The number of nitrogens with one attached hydrogen (secondary N) is 1. The molecule has 0 atom stereocenters. The summed E-state index contributed by atoms with van der Waals surface area (Å²) in [6.45, 7) is 2.41. The van der Waals surface area contributed by atoms with E-state index in [1.165, 1.54) is 0 Å². The van der Waals surface area contributed by atoms with Crippen LogP contribution in [-0.2, 0) is 9.53 Å². The van der Waals surface area contributed by atoms with Gasteiger partial charge in [0.15, 0.2) is 18.1 Å². The maximum atomic E-state index is 12.1. The summed E-state index contributed by atoms with van der Waals surface area (Å²) in [5, 5.41) is 2.71. The van der Waals surface area contributed by atoms with Crippen molar-refractivity contribution in [3.8, 4) is 11.5 Å². The topological polar surface area (TPSA) is 73.9 Å². The van der Waals surface area contributed by atoms with Crippen LogP contribution < -0.4 is 14.8 Å². The van der Waals surface area contributed by atoms with Crippen molar-refractivity contribution in [2.75, 3.05) is 25.1 Å². The van der Waals surface area contributed by atoms with E-state index in [0.717, 1.165) is 10.0 Å². The van der Waals surface area contributed by atoms with E-state index in [1.807, 2.05) is 19.1 Å². The Balaban J connectivity index is 1.57. The number of rotatable bonds is 4. The van der Waals surface area contributed by atoms with Crippen molar-refractivity contribution >= 4 is 33.5 Å². The van der Waals surface area contributed by atoms with Crippen LogP contribution >= 0.6 is 15.9 Å². The highest BCUT2D eigenvalue weighted by atomic mass is 79.9. The van der Waals surface area contributed by atoms with E-state index in [0.29, 0.717) is 36.0 Å². The molecule has 2 aromatic carbocycles. The number of amides is 1. The summed E-state index contributed by atoms with van der Waals surface area (Å²) < 4.78 is 16.8. The van der Waals surface area contributed by atoms with Gasteiger partial charge in [0.05, 0.1) is 5.56 Å². The van der Waals surface area contributed by atoms with Gasteiger partial charge in [-0.2, -0.15) is 0 Å². The van der Waals surface area contributed by atoms with Gasteiger partial charge in [-0.1, -0.05) is 15.9 Å². The first-order valence-electron chi connectivity index (χ1n) is 7.66. The molecule has 6 nitrogen and oxygen atoms in total. The highest BCUT2D eigenvalue weighted by Gasteiger charge is 2.16. The van der Waals surface area contributed by atoms with Gasteiger partial charge < -0.3 is 19.5 Å². The largest absolute Gasteiger partial charge is 0.486 e. The molecule has 3 rings (SSSR count). The predicted octanol–water partition coefficient (Wildman–Crippen LogP) is 3.32. The zero-order valence-corrected chi connectivity index (χ0v) is 15.1. The van der Waals surface area contributed by atoms with Crippen LogP contribution in [0.25, 0.3) is 0 Å². The van der Waals surface area contributed by atoms with Crippen molar-refractivity contribution in [2.24, 2.45) is 0 Å². The van der Waals surface area contributed by atoms with Gasteiger partial charge in [0.2, 0.25) is 0 Å². The van der Waals surface area contributed by atoms with Gasteiger partial charge in [-0.25, -0.2) is 4.79 Å². The molecule has 0 fully saturated rings. The molecule has 0 aliphatic carbocycles. The second kappa shape index (κ2) is 7.57. The number of benzene rings is 2. The molecule has 0 unspecified atom stereocenters. The maximum Gasteiger partial charge on any atom is 0.338 e. The Morgan fingerprint density at radius 2 is 1.88 bits per heavy atom. The van der Waals surface area contributed by atoms with Crippen molar-refractivity contribution in [3.05, 3.63) is 52.0 Å². The Morgan fingerprint density at radius 1 is 1.12 bits per heavy atom. The number of carbonyl (C=O) groups excluding carboxylic acids is 2. The fraction of sp³-hybridized carbons (Fsp3) is 0.222. The zero-order chi connectivity index (χ0) is 17.8. The average molecular weight is 406 g/mol. The summed E-state index contributed by atoms with van der Waals surface area (Å²) in [7, 11) is 0. The molecule has 0 aromatic heterocycles. The minimum absolute atomic E-state index is 0.303. The van der Waals surface area contributed by atoms with Crippen LogP contribution in [0.2, 0.25) is 0 Å². The minimum Gasteiger partial charge on any atom is -0.486 e. The molecule has 7 heteroatoms. The Morgan fingerprint density at radius 3 is 2.64 bits per heavy atom. The van der Waals surface area contributed by atoms with E-state index in [9.17, 15) is 9.59 Å². The van der Waals surface area contributed by atoms with Gasteiger partial charge in [0, 0.05) is 10.2 Å². The van der Waals surface area contributed by atoms with Crippen molar-refractivity contribution in [2.45, 2.75) is 6.92 Å². The Labute approximate surface area is 153 Å². The van der Waals surface area contributed by atoms with E-state index in [1.54, 1.807) is 24.3 Å². The summed E-state index contributed by atoms with van der Waals surface area (Å²) in [5.41, 5.74) is 1.88. The molecule has 1 aliphatic heterocycles. The predicted molar refractivity (Wildman–Crippen MR) is 95.2 cm³/mol. The number of esters is 1. The normalized spacial score (nSPS) is 12.4. The van der Waals surface area contributed by atoms with Gasteiger partial charge in [0.1, 0.15) is 13.2 Å². The molecule has 1 aliphatic rings. The van der Waals surface area contributed by atoms with E-state index in [2.05, 4.69) is 21.2 Å². The SMILES string of the molecule is Cc1cc(Br)ccc1NC(=O)COC(=O)c1ccc2c(c1)OCCO2. The maximum absolute atomic E-state index is 12.1. The molecule has 0 bridgehead atoms. The third-order valence-electron chi connectivity index (χ3n) is 3.57. The standard InChI is InChI=1S/C18H16BrNO5/c1-11-8-13(19)3-4-14(11)20-17(21)10-25-18(22)12-2-5-15-16(9-12)24-7-6-23-15/h2-5,8-9H,6-7,10H2,1H3,(H,20,21). The van der Waals surface area contributed by atoms with Gasteiger partial charge in [-0.05, 0) is 48.9 Å². The lowest BCUT2D eigenvalue weighted by atomic mass is 10.2. The number of ether oxygens (including phenoxy) is 3. The van der Waals surface area contributed by atoms with E-state index < -0.39 is 11.9 Å². The third-order valence-corrected chi connectivity index (χ3v) is 4.07. The van der Waals surface area contributed by atoms with Crippen LogP contribution in [0.15, 0.2) is 40.9 Å². The van der Waals surface area contributed by atoms with Gasteiger partial charge >= 0.3 is 5.97 Å². The Hall–Kier alpha value is -2.54. The smallest absolute Gasteiger partial charge is 0.338 e. The molecule has 1 N–H and O–H groups in total. The molecule has 1 amide bonds. The quantitative estimate of drug-likeness (QED) is 0.789. The van der Waals surface area contributed by atoms with Crippen LogP contribution in [0.3, 0.4) is 0 Å². The number of aryl methyl sites for hydroxylation is 1.